The quantitative estimate of drug-likeness (QED) is 0.341. The van der Waals surface area contributed by atoms with E-state index in [0.29, 0.717) is 6.42 Å². The summed E-state index contributed by atoms with van der Waals surface area (Å²) in [7, 11) is 0. The van der Waals surface area contributed by atoms with Gasteiger partial charge in [0.25, 0.3) is 0 Å². The van der Waals surface area contributed by atoms with Crippen LogP contribution in [0.15, 0.2) is 0 Å². The van der Waals surface area contributed by atoms with Crippen LogP contribution in [-0.4, -0.2) is 50.6 Å². The van der Waals surface area contributed by atoms with Crippen molar-refractivity contribution in [3.05, 3.63) is 0 Å². The third kappa shape index (κ3) is 0.855. The van der Waals surface area contributed by atoms with Crippen LogP contribution in [0.5, 0.6) is 0 Å². The number of hydrogen-bond donors (Lipinski definition) is 4. The lowest BCUT2D eigenvalue weighted by atomic mass is 9.75. The van der Waals surface area contributed by atoms with Crippen LogP contribution < -0.4 is 0 Å². The van der Waals surface area contributed by atoms with Crippen LogP contribution in [0.3, 0.4) is 0 Å². The van der Waals surface area contributed by atoms with Gasteiger partial charge in [-0.25, -0.2) is 0 Å². The van der Waals surface area contributed by atoms with Crippen LogP contribution in [0.2, 0.25) is 0 Å². The van der Waals surface area contributed by atoms with Crippen molar-refractivity contribution in [2.75, 3.05) is 0 Å². The number of rotatable bonds is 0. The molecule has 3 aliphatic rings. The van der Waals surface area contributed by atoms with Gasteiger partial charge >= 0.3 is 0 Å². The van der Waals surface area contributed by atoms with E-state index in [1.165, 1.54) is 0 Å². The van der Waals surface area contributed by atoms with Crippen molar-refractivity contribution in [1.29, 1.82) is 0 Å². The highest BCUT2D eigenvalue weighted by atomic mass is 16.6. The molecule has 1 aliphatic carbocycles. The summed E-state index contributed by atoms with van der Waals surface area (Å²) in [6, 6.07) is 0. The minimum Gasteiger partial charge on any atom is -0.388 e. The molecule has 0 amide bonds. The maximum absolute atomic E-state index is 9.64. The fourth-order valence-electron chi connectivity index (χ4n) is 1.89. The van der Waals surface area contributed by atoms with Gasteiger partial charge < -0.3 is 25.2 Å². The Labute approximate surface area is 69.2 Å². The molecule has 3 fully saturated rings. The van der Waals surface area contributed by atoms with E-state index in [-0.39, 0.29) is 6.42 Å². The van der Waals surface area contributed by atoms with Gasteiger partial charge in [0.1, 0.15) is 17.8 Å². The van der Waals surface area contributed by atoms with E-state index >= 15 is 0 Å². The fourth-order valence-corrected chi connectivity index (χ4v) is 1.89. The molecule has 12 heavy (non-hydrogen) atoms. The van der Waals surface area contributed by atoms with Crippen molar-refractivity contribution < 1.29 is 25.2 Å². The second-order valence-corrected chi connectivity index (χ2v) is 3.49. The summed E-state index contributed by atoms with van der Waals surface area (Å²) in [5.41, 5.74) is -1.69. The molecule has 5 nitrogen and oxygen atoms in total. The number of ether oxygens (including phenoxy) is 1. The van der Waals surface area contributed by atoms with Crippen LogP contribution >= 0.6 is 0 Å². The Bertz CT molecular complexity index is 196. The van der Waals surface area contributed by atoms with E-state index in [9.17, 15) is 20.4 Å². The average molecular weight is 176 g/mol. The van der Waals surface area contributed by atoms with E-state index in [4.69, 9.17) is 4.74 Å². The molecule has 0 aromatic carbocycles. The van der Waals surface area contributed by atoms with E-state index in [1.807, 2.05) is 0 Å². The van der Waals surface area contributed by atoms with Crippen LogP contribution in [0.1, 0.15) is 12.8 Å². The van der Waals surface area contributed by atoms with Gasteiger partial charge in [-0.1, -0.05) is 0 Å². The maximum Gasteiger partial charge on any atom is 0.186 e. The Balaban J connectivity index is 2.28. The molecule has 0 aromatic heterocycles. The van der Waals surface area contributed by atoms with Crippen molar-refractivity contribution in [2.24, 2.45) is 0 Å². The monoisotopic (exact) mass is 176 g/mol. The van der Waals surface area contributed by atoms with Gasteiger partial charge in [-0.3, -0.25) is 0 Å². The highest BCUT2D eigenvalue weighted by molar-refractivity contribution is 5.05. The van der Waals surface area contributed by atoms with Crippen LogP contribution in [-0.2, 0) is 4.74 Å². The zero-order chi connectivity index (χ0) is 8.93. The largest absolute Gasteiger partial charge is 0.388 e. The maximum atomic E-state index is 9.64. The van der Waals surface area contributed by atoms with Gasteiger partial charge in [-0.15, -0.1) is 0 Å². The lowest BCUT2D eigenvalue weighted by Gasteiger charge is -2.51. The standard InChI is InChI=1S/C7H12O5/c8-4-3-1-2-7(11,5(4)9)6(10)12-3/h3-6,8-11H,1-2H2/t3?,4-,5?,6-,7?/m1/s1. The first kappa shape index (κ1) is 8.40. The molecular weight excluding hydrogens is 164 g/mol. The highest BCUT2D eigenvalue weighted by Gasteiger charge is 2.58. The summed E-state index contributed by atoms with van der Waals surface area (Å²) in [6.45, 7) is 0. The van der Waals surface area contributed by atoms with E-state index in [2.05, 4.69) is 0 Å². The van der Waals surface area contributed by atoms with Crippen molar-refractivity contribution in [3.8, 4) is 0 Å². The first-order valence-electron chi connectivity index (χ1n) is 3.98. The second-order valence-electron chi connectivity index (χ2n) is 3.49. The molecule has 2 saturated heterocycles. The fraction of sp³-hybridized carbons (Fsp3) is 1.00. The van der Waals surface area contributed by atoms with Gasteiger partial charge in [0.05, 0.1) is 6.10 Å². The summed E-state index contributed by atoms with van der Waals surface area (Å²) in [6.07, 6.45) is -3.60. The Hall–Kier alpha value is -0.200. The molecule has 1 saturated carbocycles. The van der Waals surface area contributed by atoms with Gasteiger partial charge in [-0.2, -0.15) is 0 Å². The third-order valence-corrected chi connectivity index (χ3v) is 2.78. The second kappa shape index (κ2) is 2.40. The molecule has 4 N–H and O–H groups in total. The minimum atomic E-state index is -1.69. The molecule has 5 heteroatoms. The molecule has 70 valence electrons. The lowest BCUT2D eigenvalue weighted by molar-refractivity contribution is -0.353. The molecule has 0 spiro atoms. The molecule has 2 bridgehead atoms. The summed E-state index contributed by atoms with van der Waals surface area (Å²) < 4.78 is 4.87. The normalized spacial score (nSPS) is 59.0. The SMILES string of the molecule is OC1[C@H](O)C2CCC1(O)[C@H](O)O2. The third-order valence-electron chi connectivity index (χ3n) is 2.78. The van der Waals surface area contributed by atoms with E-state index < -0.39 is 30.2 Å². The Morgan fingerprint density at radius 3 is 2.42 bits per heavy atom. The first-order valence-corrected chi connectivity index (χ1v) is 3.98. The Morgan fingerprint density at radius 2 is 1.92 bits per heavy atom. The Kier molecular flexibility index (Phi) is 1.68. The van der Waals surface area contributed by atoms with Crippen molar-refractivity contribution >= 4 is 0 Å². The van der Waals surface area contributed by atoms with E-state index in [1.54, 1.807) is 0 Å². The predicted molar refractivity (Wildman–Crippen MR) is 37.1 cm³/mol. The molecule has 3 unspecified atom stereocenters. The molecule has 0 aromatic rings. The number of aliphatic hydroxyl groups is 4. The zero-order valence-corrected chi connectivity index (χ0v) is 6.42. The van der Waals surface area contributed by atoms with Crippen molar-refractivity contribution in [2.45, 2.75) is 43.0 Å². The minimum absolute atomic E-state index is 0.261. The summed E-state index contributed by atoms with van der Waals surface area (Å²) >= 11 is 0. The topological polar surface area (TPSA) is 90.2 Å². The lowest BCUT2D eigenvalue weighted by Crippen LogP contribution is -2.69. The van der Waals surface area contributed by atoms with Gasteiger partial charge in [0, 0.05) is 0 Å². The van der Waals surface area contributed by atoms with E-state index in [0.717, 1.165) is 0 Å². The Morgan fingerprint density at radius 1 is 1.25 bits per heavy atom. The number of hydrogen-bond acceptors (Lipinski definition) is 5. The molecule has 2 aliphatic heterocycles. The van der Waals surface area contributed by atoms with Crippen LogP contribution in [0, 0.1) is 0 Å². The summed E-state index contributed by atoms with van der Waals surface area (Å²) in [5, 5.41) is 37.5. The van der Waals surface area contributed by atoms with Crippen LogP contribution in [0.4, 0.5) is 0 Å². The molecular formula is C7H12O5. The van der Waals surface area contributed by atoms with Gasteiger partial charge in [0.15, 0.2) is 6.29 Å². The van der Waals surface area contributed by atoms with Crippen molar-refractivity contribution in [1.82, 2.24) is 0 Å². The molecule has 2 heterocycles. The average Bonchev–Trinajstić information content (AvgIpc) is 2.04. The molecule has 5 atom stereocenters. The zero-order valence-electron chi connectivity index (χ0n) is 6.42. The predicted octanol–water partition coefficient (Wildman–Crippen LogP) is -2.05. The summed E-state index contributed by atoms with van der Waals surface area (Å²) in [4.78, 5) is 0. The van der Waals surface area contributed by atoms with Gasteiger partial charge in [-0.05, 0) is 12.8 Å². The molecule has 0 radical (unpaired) electrons. The summed E-state index contributed by atoms with van der Waals surface area (Å²) in [5.74, 6) is 0. The molecule has 3 rings (SSSR count). The van der Waals surface area contributed by atoms with Gasteiger partial charge in [0.2, 0.25) is 0 Å². The highest BCUT2D eigenvalue weighted by Crippen LogP contribution is 2.39. The van der Waals surface area contributed by atoms with Crippen molar-refractivity contribution in [3.63, 3.8) is 0 Å². The first-order chi connectivity index (χ1) is 5.55. The van der Waals surface area contributed by atoms with Crippen LogP contribution in [0.25, 0.3) is 0 Å². The number of aliphatic hydroxyl groups excluding tert-OH is 3. The smallest absolute Gasteiger partial charge is 0.186 e. The number of fused-ring (bicyclic) bond motifs is 3.